The van der Waals surface area contributed by atoms with E-state index in [4.69, 9.17) is 23.2 Å². The van der Waals surface area contributed by atoms with Gasteiger partial charge in [0.1, 0.15) is 5.75 Å². The maximum atomic E-state index is 10.4. The molecule has 2 N–H and O–H groups in total. The van der Waals surface area contributed by atoms with Gasteiger partial charge < -0.3 is 10.2 Å². The Bertz CT molecular complexity index is 841. The number of aliphatic hydroxyl groups excluding tert-OH is 1. The third kappa shape index (κ3) is 1.72. The SMILES string of the molecule is C[C@]12CCc3c(ccc4c(Cl)c(O)ccc34)C1=C(Cl)C[C@@H]2O. The molecule has 0 bridgehead atoms. The average molecular weight is 335 g/mol. The van der Waals surface area contributed by atoms with Crippen LogP contribution in [-0.4, -0.2) is 16.3 Å². The highest BCUT2D eigenvalue weighted by Crippen LogP contribution is 2.56. The normalized spacial score (nSPS) is 27.2. The summed E-state index contributed by atoms with van der Waals surface area (Å²) in [7, 11) is 0. The van der Waals surface area contributed by atoms with E-state index in [9.17, 15) is 10.2 Å². The topological polar surface area (TPSA) is 40.5 Å². The number of fused-ring (bicyclic) bond motifs is 5. The summed E-state index contributed by atoms with van der Waals surface area (Å²) in [5.74, 6) is 0.100. The number of benzene rings is 2. The van der Waals surface area contributed by atoms with Crippen LogP contribution in [0.1, 0.15) is 30.9 Å². The van der Waals surface area contributed by atoms with Crippen LogP contribution in [0.25, 0.3) is 16.3 Å². The maximum Gasteiger partial charge on any atom is 0.134 e. The second kappa shape index (κ2) is 4.64. The predicted molar refractivity (Wildman–Crippen MR) is 90.4 cm³/mol. The second-order valence-corrected chi connectivity index (χ2v) is 7.34. The van der Waals surface area contributed by atoms with Crippen molar-refractivity contribution < 1.29 is 10.2 Å². The summed E-state index contributed by atoms with van der Waals surface area (Å²) in [4.78, 5) is 0. The van der Waals surface area contributed by atoms with Gasteiger partial charge in [-0.2, -0.15) is 0 Å². The third-order valence-corrected chi connectivity index (χ3v) is 6.08. The molecule has 0 aromatic heterocycles. The van der Waals surface area contributed by atoms with Gasteiger partial charge in [-0.15, -0.1) is 0 Å². The molecule has 22 heavy (non-hydrogen) atoms. The first-order chi connectivity index (χ1) is 10.4. The van der Waals surface area contributed by atoms with Gasteiger partial charge in [-0.3, -0.25) is 0 Å². The molecular weight excluding hydrogens is 319 g/mol. The average Bonchev–Trinajstić information content (AvgIpc) is 2.72. The van der Waals surface area contributed by atoms with Crippen LogP contribution in [0.5, 0.6) is 5.75 Å². The first-order valence-electron chi connectivity index (χ1n) is 7.44. The lowest BCUT2D eigenvalue weighted by Gasteiger charge is -2.37. The lowest BCUT2D eigenvalue weighted by atomic mass is 9.68. The van der Waals surface area contributed by atoms with Crippen molar-refractivity contribution in [1.82, 2.24) is 0 Å². The van der Waals surface area contributed by atoms with Gasteiger partial charge in [-0.1, -0.05) is 48.3 Å². The predicted octanol–water partition coefficient (Wildman–Crippen LogP) is 4.87. The van der Waals surface area contributed by atoms with Crippen molar-refractivity contribution in [3.8, 4) is 5.75 Å². The molecule has 4 rings (SSSR count). The summed E-state index contributed by atoms with van der Waals surface area (Å²) in [6, 6.07) is 7.51. The van der Waals surface area contributed by atoms with E-state index in [-0.39, 0.29) is 11.2 Å². The number of hydrogen-bond donors (Lipinski definition) is 2. The molecule has 2 atom stereocenters. The van der Waals surface area contributed by atoms with Crippen molar-refractivity contribution in [2.45, 2.75) is 32.3 Å². The lowest BCUT2D eigenvalue weighted by molar-refractivity contribution is 0.0824. The van der Waals surface area contributed by atoms with Gasteiger partial charge in [0, 0.05) is 22.3 Å². The third-order valence-electron chi connectivity index (χ3n) is 5.34. The summed E-state index contributed by atoms with van der Waals surface area (Å²) in [5, 5.41) is 23.3. The minimum Gasteiger partial charge on any atom is -0.506 e. The largest absolute Gasteiger partial charge is 0.506 e. The van der Waals surface area contributed by atoms with Crippen LogP contribution in [0.4, 0.5) is 0 Å². The molecule has 0 spiro atoms. The van der Waals surface area contributed by atoms with Gasteiger partial charge in [0.15, 0.2) is 0 Å². The molecule has 2 aliphatic carbocycles. The number of phenols is 1. The fourth-order valence-electron chi connectivity index (χ4n) is 4.03. The van der Waals surface area contributed by atoms with Gasteiger partial charge in [-0.05, 0) is 41.0 Å². The minimum atomic E-state index is -0.415. The molecule has 2 aromatic rings. The maximum absolute atomic E-state index is 10.4. The van der Waals surface area contributed by atoms with E-state index in [2.05, 4.69) is 6.92 Å². The van der Waals surface area contributed by atoms with Crippen molar-refractivity contribution in [1.29, 1.82) is 0 Å². The van der Waals surface area contributed by atoms with Crippen LogP contribution in [0.2, 0.25) is 5.02 Å². The van der Waals surface area contributed by atoms with Gasteiger partial charge in [-0.25, -0.2) is 0 Å². The van der Waals surface area contributed by atoms with Crippen LogP contribution >= 0.6 is 23.2 Å². The summed E-state index contributed by atoms with van der Waals surface area (Å²) < 4.78 is 0. The van der Waals surface area contributed by atoms with E-state index < -0.39 is 6.10 Å². The Balaban J connectivity index is 2.03. The smallest absolute Gasteiger partial charge is 0.134 e. The molecule has 0 unspecified atom stereocenters. The highest BCUT2D eigenvalue weighted by molar-refractivity contribution is 6.37. The molecule has 2 aliphatic rings. The zero-order valence-corrected chi connectivity index (χ0v) is 13.7. The number of aliphatic hydroxyl groups is 1. The number of aromatic hydroxyl groups is 1. The van der Waals surface area contributed by atoms with Crippen molar-refractivity contribution in [3.05, 3.63) is 45.4 Å². The lowest BCUT2D eigenvalue weighted by Crippen LogP contribution is -2.32. The van der Waals surface area contributed by atoms with E-state index in [1.807, 2.05) is 18.2 Å². The zero-order chi connectivity index (χ0) is 15.6. The fraction of sp³-hybridized carbons (Fsp3) is 0.333. The summed E-state index contributed by atoms with van der Waals surface area (Å²) >= 11 is 12.7. The number of halogens is 2. The Labute approximate surface area is 139 Å². The number of hydrogen-bond acceptors (Lipinski definition) is 2. The van der Waals surface area contributed by atoms with Gasteiger partial charge >= 0.3 is 0 Å². The molecule has 0 saturated heterocycles. The zero-order valence-electron chi connectivity index (χ0n) is 12.2. The number of aryl methyl sites for hydroxylation is 1. The standard InChI is InChI=1S/C18H16Cl2O2/c1-18-7-6-10-9-4-5-14(21)17(20)12(9)3-2-11(10)16(18)13(19)8-15(18)22/h2-5,15,21-22H,6-8H2,1H3/t15-,18+/m0/s1. The van der Waals surface area contributed by atoms with E-state index in [0.29, 0.717) is 11.4 Å². The Morgan fingerprint density at radius 2 is 1.86 bits per heavy atom. The molecule has 4 heteroatoms. The van der Waals surface area contributed by atoms with Crippen LogP contribution in [-0.2, 0) is 6.42 Å². The number of rotatable bonds is 0. The van der Waals surface area contributed by atoms with Crippen molar-refractivity contribution >= 4 is 39.5 Å². The second-order valence-electron chi connectivity index (χ2n) is 6.50. The Morgan fingerprint density at radius 3 is 2.64 bits per heavy atom. The van der Waals surface area contributed by atoms with E-state index in [0.717, 1.165) is 39.8 Å². The first kappa shape index (κ1) is 14.4. The Morgan fingerprint density at radius 1 is 1.14 bits per heavy atom. The van der Waals surface area contributed by atoms with Crippen LogP contribution in [0.3, 0.4) is 0 Å². The monoisotopic (exact) mass is 334 g/mol. The van der Waals surface area contributed by atoms with E-state index in [1.165, 1.54) is 5.56 Å². The summed E-state index contributed by atoms with van der Waals surface area (Å²) in [5.41, 5.74) is 3.14. The number of phenolic OH excluding ortho intramolecular Hbond substituents is 1. The molecular formula is C18H16Cl2O2. The molecule has 0 aliphatic heterocycles. The van der Waals surface area contributed by atoms with Gasteiger partial charge in [0.05, 0.1) is 11.1 Å². The molecule has 2 nitrogen and oxygen atoms in total. The van der Waals surface area contributed by atoms with Crippen LogP contribution in [0.15, 0.2) is 29.3 Å². The molecule has 114 valence electrons. The van der Waals surface area contributed by atoms with E-state index >= 15 is 0 Å². The molecule has 0 saturated carbocycles. The highest BCUT2D eigenvalue weighted by atomic mass is 35.5. The molecule has 0 heterocycles. The molecule has 0 radical (unpaired) electrons. The first-order valence-corrected chi connectivity index (χ1v) is 8.19. The Kier molecular flexibility index (Phi) is 3.03. The minimum absolute atomic E-state index is 0.100. The van der Waals surface area contributed by atoms with Crippen molar-refractivity contribution in [2.75, 3.05) is 0 Å². The van der Waals surface area contributed by atoms with Crippen LogP contribution in [0, 0.1) is 5.41 Å². The van der Waals surface area contributed by atoms with Gasteiger partial charge in [0.2, 0.25) is 0 Å². The van der Waals surface area contributed by atoms with Gasteiger partial charge in [0.25, 0.3) is 0 Å². The van der Waals surface area contributed by atoms with Crippen molar-refractivity contribution in [3.63, 3.8) is 0 Å². The molecule has 0 amide bonds. The van der Waals surface area contributed by atoms with E-state index in [1.54, 1.807) is 6.07 Å². The van der Waals surface area contributed by atoms with Crippen molar-refractivity contribution in [2.24, 2.45) is 5.41 Å². The molecule has 2 aromatic carbocycles. The summed E-state index contributed by atoms with van der Waals surface area (Å²) in [6.07, 6.45) is 1.85. The quantitative estimate of drug-likeness (QED) is 0.721. The fourth-order valence-corrected chi connectivity index (χ4v) is 4.72. The molecule has 0 fully saturated rings. The highest BCUT2D eigenvalue weighted by Gasteiger charge is 2.47. The summed E-state index contributed by atoms with van der Waals surface area (Å²) in [6.45, 7) is 2.10. The Hall–Kier alpha value is -1.22. The van der Waals surface area contributed by atoms with Crippen LogP contribution < -0.4 is 0 Å².